The van der Waals surface area contributed by atoms with Crippen LogP contribution in [-0.4, -0.2) is 57.0 Å². The van der Waals surface area contributed by atoms with Gasteiger partial charge in [0.2, 0.25) is 0 Å². The number of nitrogens with zero attached hydrogens (tertiary/aromatic N) is 2. The van der Waals surface area contributed by atoms with Crippen molar-refractivity contribution < 1.29 is 4.74 Å². The number of nitrogens with one attached hydrogen (secondary N) is 2. The molecule has 29 heavy (non-hydrogen) atoms. The Morgan fingerprint density at radius 2 is 1.97 bits per heavy atom. The summed E-state index contributed by atoms with van der Waals surface area (Å²) >= 11 is 1.96. The molecular formula is C23H32N4OS. The lowest BCUT2D eigenvalue weighted by Gasteiger charge is -2.22. The number of benzene rings is 2. The summed E-state index contributed by atoms with van der Waals surface area (Å²) < 4.78 is 5.07. The topological polar surface area (TPSA) is 48.9 Å². The van der Waals surface area contributed by atoms with Crippen LogP contribution in [0.15, 0.2) is 64.5 Å². The molecule has 1 unspecified atom stereocenters. The molecule has 2 aromatic carbocycles. The van der Waals surface area contributed by atoms with E-state index in [9.17, 15) is 0 Å². The van der Waals surface area contributed by atoms with Crippen molar-refractivity contribution in [1.29, 1.82) is 0 Å². The van der Waals surface area contributed by atoms with Gasteiger partial charge in [-0.3, -0.25) is 4.99 Å². The Morgan fingerprint density at radius 1 is 1.17 bits per heavy atom. The van der Waals surface area contributed by atoms with Gasteiger partial charge >= 0.3 is 0 Å². The highest BCUT2D eigenvalue weighted by Crippen LogP contribution is 2.25. The summed E-state index contributed by atoms with van der Waals surface area (Å²) in [6, 6.07) is 19.2. The van der Waals surface area contributed by atoms with E-state index in [0.29, 0.717) is 12.5 Å². The van der Waals surface area contributed by atoms with Crippen molar-refractivity contribution in [2.75, 3.05) is 51.5 Å². The van der Waals surface area contributed by atoms with Gasteiger partial charge in [0.1, 0.15) is 0 Å². The van der Waals surface area contributed by atoms with Gasteiger partial charge in [0.05, 0.1) is 6.61 Å². The van der Waals surface area contributed by atoms with E-state index in [0.717, 1.165) is 43.6 Å². The first-order valence-electron chi connectivity index (χ1n) is 10.2. The zero-order valence-corrected chi connectivity index (χ0v) is 18.3. The van der Waals surface area contributed by atoms with E-state index in [2.05, 4.69) is 75.1 Å². The Hall–Kier alpha value is -2.18. The quantitative estimate of drug-likeness (QED) is 0.283. The maximum Gasteiger partial charge on any atom is 0.193 e. The molecule has 1 atom stereocenters. The summed E-state index contributed by atoms with van der Waals surface area (Å²) in [5, 5.41) is 6.87. The number of ether oxygens (including phenoxy) is 1. The van der Waals surface area contributed by atoms with Crippen molar-refractivity contribution in [2.45, 2.75) is 17.9 Å². The van der Waals surface area contributed by atoms with Crippen LogP contribution >= 0.6 is 11.8 Å². The number of hydrogen-bond acceptors (Lipinski definition) is 4. The van der Waals surface area contributed by atoms with Gasteiger partial charge < -0.3 is 20.3 Å². The highest BCUT2D eigenvalue weighted by molar-refractivity contribution is 7.99. The molecule has 0 aromatic heterocycles. The predicted molar refractivity (Wildman–Crippen MR) is 124 cm³/mol. The third-order valence-corrected chi connectivity index (χ3v) is 6.31. The van der Waals surface area contributed by atoms with Gasteiger partial charge in [0.15, 0.2) is 5.96 Å². The smallest absolute Gasteiger partial charge is 0.193 e. The zero-order chi connectivity index (χ0) is 20.3. The van der Waals surface area contributed by atoms with Crippen LogP contribution in [0.2, 0.25) is 0 Å². The lowest BCUT2D eigenvalue weighted by molar-refractivity contribution is 0.211. The van der Waals surface area contributed by atoms with Crippen molar-refractivity contribution >= 4 is 23.4 Å². The molecule has 6 heteroatoms. The monoisotopic (exact) mass is 412 g/mol. The van der Waals surface area contributed by atoms with Crippen LogP contribution in [0.25, 0.3) is 0 Å². The van der Waals surface area contributed by atoms with Crippen LogP contribution in [-0.2, 0) is 11.3 Å². The predicted octanol–water partition coefficient (Wildman–Crippen LogP) is 3.93. The minimum Gasteiger partial charge on any atom is -0.383 e. The average molecular weight is 413 g/mol. The van der Waals surface area contributed by atoms with Gasteiger partial charge in [-0.05, 0) is 42.2 Å². The molecule has 2 aromatic rings. The molecule has 0 saturated carbocycles. The summed E-state index contributed by atoms with van der Waals surface area (Å²) in [6.07, 6.45) is 1.22. The SMILES string of the molecule is CN=C(NCc1ccc(NCCOC)cc1)N1CCC(CSc2ccccc2)C1. The first kappa shape index (κ1) is 21.5. The van der Waals surface area contributed by atoms with E-state index in [1.165, 1.54) is 16.9 Å². The molecule has 1 aliphatic rings. The number of hydrogen-bond donors (Lipinski definition) is 2. The van der Waals surface area contributed by atoms with Crippen LogP contribution in [0, 0.1) is 5.92 Å². The first-order chi connectivity index (χ1) is 14.3. The van der Waals surface area contributed by atoms with Gasteiger partial charge in [0.25, 0.3) is 0 Å². The summed E-state index contributed by atoms with van der Waals surface area (Å²) in [7, 11) is 3.59. The number of likely N-dealkylation sites (tertiary alicyclic amines) is 1. The second-order valence-corrected chi connectivity index (χ2v) is 8.34. The van der Waals surface area contributed by atoms with Crippen molar-refractivity contribution in [2.24, 2.45) is 10.9 Å². The van der Waals surface area contributed by atoms with Gasteiger partial charge in [-0.15, -0.1) is 11.8 Å². The standard InChI is InChI=1S/C23H32N4OS/c1-24-23(26-16-19-8-10-21(11-9-19)25-13-15-28-2)27-14-12-20(17-27)18-29-22-6-4-3-5-7-22/h3-11,20,25H,12-18H2,1-2H3,(H,24,26). The highest BCUT2D eigenvalue weighted by atomic mass is 32.2. The Morgan fingerprint density at radius 3 is 2.69 bits per heavy atom. The van der Waals surface area contributed by atoms with Crippen molar-refractivity contribution in [3.05, 3.63) is 60.2 Å². The normalized spacial score (nSPS) is 16.8. The molecule has 1 aliphatic heterocycles. The van der Waals surface area contributed by atoms with E-state index in [4.69, 9.17) is 4.74 Å². The molecule has 0 radical (unpaired) electrons. The highest BCUT2D eigenvalue weighted by Gasteiger charge is 2.24. The van der Waals surface area contributed by atoms with Crippen molar-refractivity contribution in [3.63, 3.8) is 0 Å². The van der Waals surface area contributed by atoms with Gasteiger partial charge in [-0.1, -0.05) is 30.3 Å². The molecule has 0 spiro atoms. The first-order valence-corrected chi connectivity index (χ1v) is 11.2. The van der Waals surface area contributed by atoms with Gasteiger partial charge in [-0.25, -0.2) is 0 Å². The number of guanidine groups is 1. The van der Waals surface area contributed by atoms with E-state index < -0.39 is 0 Å². The summed E-state index contributed by atoms with van der Waals surface area (Å²) in [5.41, 5.74) is 2.37. The minimum absolute atomic E-state index is 0.705. The van der Waals surface area contributed by atoms with Crippen molar-refractivity contribution in [1.82, 2.24) is 10.2 Å². The van der Waals surface area contributed by atoms with Crippen LogP contribution < -0.4 is 10.6 Å². The molecule has 0 aliphatic carbocycles. The Kier molecular flexibility index (Phi) is 8.71. The molecular weight excluding hydrogens is 380 g/mol. The van der Waals surface area contributed by atoms with E-state index in [1.807, 2.05) is 18.8 Å². The third-order valence-electron chi connectivity index (χ3n) is 5.07. The Bertz CT molecular complexity index is 751. The summed E-state index contributed by atoms with van der Waals surface area (Å²) in [6.45, 7) is 4.45. The zero-order valence-electron chi connectivity index (χ0n) is 17.4. The molecule has 5 nitrogen and oxygen atoms in total. The number of thioether (sulfide) groups is 1. The van der Waals surface area contributed by atoms with Crippen LogP contribution in [0.5, 0.6) is 0 Å². The lowest BCUT2D eigenvalue weighted by atomic mass is 10.2. The maximum absolute atomic E-state index is 5.07. The maximum atomic E-state index is 5.07. The fraction of sp³-hybridized carbons (Fsp3) is 0.435. The van der Waals surface area contributed by atoms with Crippen molar-refractivity contribution in [3.8, 4) is 0 Å². The number of rotatable bonds is 9. The molecule has 3 rings (SSSR count). The minimum atomic E-state index is 0.705. The second-order valence-electron chi connectivity index (χ2n) is 7.24. The fourth-order valence-corrected chi connectivity index (χ4v) is 4.49. The Balaban J connectivity index is 1.42. The fourth-order valence-electron chi connectivity index (χ4n) is 3.44. The third kappa shape index (κ3) is 6.98. The average Bonchev–Trinajstić information content (AvgIpc) is 3.23. The Labute approximate surface area is 178 Å². The molecule has 0 amide bonds. The van der Waals surface area contributed by atoms with Crippen LogP contribution in [0.4, 0.5) is 5.69 Å². The van der Waals surface area contributed by atoms with Gasteiger partial charge in [-0.2, -0.15) is 0 Å². The molecule has 1 saturated heterocycles. The molecule has 0 bridgehead atoms. The summed E-state index contributed by atoms with van der Waals surface area (Å²) in [4.78, 5) is 8.24. The summed E-state index contributed by atoms with van der Waals surface area (Å²) in [5.74, 6) is 2.87. The van der Waals surface area contributed by atoms with E-state index in [1.54, 1.807) is 7.11 Å². The lowest BCUT2D eigenvalue weighted by Crippen LogP contribution is -2.39. The van der Waals surface area contributed by atoms with Gasteiger partial charge in [0, 0.05) is 56.7 Å². The number of aliphatic imine (C=N–C) groups is 1. The van der Waals surface area contributed by atoms with E-state index in [-0.39, 0.29) is 0 Å². The van der Waals surface area contributed by atoms with Crippen LogP contribution in [0.3, 0.4) is 0 Å². The number of anilines is 1. The molecule has 1 fully saturated rings. The second kappa shape index (κ2) is 11.7. The van der Waals surface area contributed by atoms with Crippen LogP contribution in [0.1, 0.15) is 12.0 Å². The van der Waals surface area contributed by atoms with E-state index >= 15 is 0 Å². The molecule has 156 valence electrons. The number of methoxy groups -OCH3 is 1. The molecule has 1 heterocycles. The largest absolute Gasteiger partial charge is 0.383 e. The molecule has 2 N–H and O–H groups in total.